The zero-order valence-corrected chi connectivity index (χ0v) is 20.8. The molecule has 0 bridgehead atoms. The van der Waals surface area contributed by atoms with Gasteiger partial charge in [-0.3, -0.25) is 14.9 Å². The topological polar surface area (TPSA) is 117 Å². The Morgan fingerprint density at radius 3 is 2.41 bits per heavy atom. The fourth-order valence-electron chi connectivity index (χ4n) is 3.95. The average molecular weight is 558 g/mol. The number of halogens is 3. The van der Waals surface area contributed by atoms with Gasteiger partial charge in [0, 0.05) is 23.3 Å². The van der Waals surface area contributed by atoms with Crippen LogP contribution in [0.4, 0.5) is 18.9 Å². The number of hydrogen-bond donors (Lipinski definition) is 0. The molecule has 5 aromatic rings. The predicted octanol–water partition coefficient (Wildman–Crippen LogP) is 6.09. The summed E-state index contributed by atoms with van der Waals surface area (Å²) in [5, 5.41) is 15.9. The van der Waals surface area contributed by atoms with Gasteiger partial charge in [-0.15, -0.1) is 0 Å². The molecule has 0 fully saturated rings. The Morgan fingerprint density at radius 1 is 0.951 bits per heavy atom. The van der Waals surface area contributed by atoms with E-state index in [1.807, 2.05) is 0 Å². The number of nitro groups is 1. The second-order valence-electron chi connectivity index (χ2n) is 8.63. The summed E-state index contributed by atoms with van der Waals surface area (Å²) in [6.45, 7) is 0. The van der Waals surface area contributed by atoms with Crippen LogP contribution in [0.25, 0.3) is 22.3 Å². The molecule has 0 unspecified atom stereocenters. The number of esters is 1. The summed E-state index contributed by atoms with van der Waals surface area (Å²) in [6.07, 6.45) is -3.61. The molecule has 0 saturated heterocycles. The van der Waals surface area contributed by atoms with Crippen molar-refractivity contribution in [1.82, 2.24) is 9.66 Å². The van der Waals surface area contributed by atoms with E-state index in [4.69, 9.17) is 4.74 Å². The highest BCUT2D eigenvalue weighted by Gasteiger charge is 2.31. The number of alkyl halides is 3. The molecule has 0 aliphatic carbocycles. The molecule has 0 atom stereocenters. The third-order valence-electron chi connectivity index (χ3n) is 5.93. The molecule has 0 amide bonds. The predicted molar refractivity (Wildman–Crippen MR) is 144 cm³/mol. The maximum absolute atomic E-state index is 13.4. The Hall–Kier alpha value is -5.65. The molecular formula is C29H17F3N4O5. The normalized spacial score (nSPS) is 11.6. The number of aromatic nitrogens is 2. The van der Waals surface area contributed by atoms with Crippen LogP contribution < -0.4 is 10.3 Å². The SMILES string of the molecule is O=C(Oc1ccc([N+](=O)[O-])cc1C=Nn1c(-c2ccccc2)nc2ccccc2c1=O)c1cccc(C(F)(F)F)c1. The second-order valence-corrected chi connectivity index (χ2v) is 8.63. The standard InChI is InChI=1S/C29H17F3N4O5/c30-29(31,32)21-10-6-9-19(15-21)28(38)41-25-14-13-22(36(39)40)16-20(25)17-33-35-26(18-7-2-1-3-8-18)34-24-12-5-4-11-23(24)27(35)37/h1-17H. The molecule has 9 nitrogen and oxygen atoms in total. The molecule has 0 aliphatic rings. The maximum Gasteiger partial charge on any atom is 0.416 e. The lowest BCUT2D eigenvalue weighted by atomic mass is 10.1. The highest BCUT2D eigenvalue weighted by molar-refractivity contribution is 5.93. The molecule has 4 aromatic carbocycles. The number of benzene rings is 4. The lowest BCUT2D eigenvalue weighted by Crippen LogP contribution is -2.20. The van der Waals surface area contributed by atoms with Crippen molar-refractivity contribution >= 4 is 28.8 Å². The van der Waals surface area contributed by atoms with E-state index in [0.29, 0.717) is 17.1 Å². The molecule has 0 radical (unpaired) electrons. The number of carbonyl (C=O) groups is 1. The van der Waals surface area contributed by atoms with Crippen molar-refractivity contribution in [3.05, 3.63) is 134 Å². The molecule has 0 N–H and O–H groups in total. The first-order chi connectivity index (χ1) is 19.6. The Balaban J connectivity index is 1.59. The quantitative estimate of drug-likeness (QED) is 0.0819. The number of hydrogen-bond acceptors (Lipinski definition) is 7. The number of nitrogens with zero attached hydrogens (tertiary/aromatic N) is 4. The van der Waals surface area contributed by atoms with Gasteiger partial charge < -0.3 is 4.74 Å². The van der Waals surface area contributed by atoms with Gasteiger partial charge in [-0.1, -0.05) is 48.5 Å². The van der Waals surface area contributed by atoms with E-state index in [-0.39, 0.29) is 33.8 Å². The van der Waals surface area contributed by atoms with Crippen LogP contribution in [0.2, 0.25) is 0 Å². The number of fused-ring (bicyclic) bond motifs is 1. The summed E-state index contributed by atoms with van der Waals surface area (Å²) in [6, 6.07) is 22.2. The number of ether oxygens (including phenoxy) is 1. The molecule has 5 rings (SSSR count). The van der Waals surface area contributed by atoms with Gasteiger partial charge in [-0.25, -0.2) is 9.78 Å². The highest BCUT2D eigenvalue weighted by atomic mass is 19.4. The van der Waals surface area contributed by atoms with Gasteiger partial charge in [0.2, 0.25) is 0 Å². The van der Waals surface area contributed by atoms with Crippen molar-refractivity contribution in [2.24, 2.45) is 5.10 Å². The highest BCUT2D eigenvalue weighted by Crippen LogP contribution is 2.30. The lowest BCUT2D eigenvalue weighted by molar-refractivity contribution is -0.384. The van der Waals surface area contributed by atoms with E-state index >= 15 is 0 Å². The molecule has 0 spiro atoms. The van der Waals surface area contributed by atoms with E-state index in [0.717, 1.165) is 47.3 Å². The number of para-hydroxylation sites is 1. The van der Waals surface area contributed by atoms with Crippen LogP contribution in [0.5, 0.6) is 5.75 Å². The molecular weight excluding hydrogens is 541 g/mol. The van der Waals surface area contributed by atoms with Crippen molar-refractivity contribution in [2.45, 2.75) is 6.18 Å². The van der Waals surface area contributed by atoms with Crippen LogP contribution in [0, 0.1) is 10.1 Å². The zero-order chi connectivity index (χ0) is 29.1. The second kappa shape index (κ2) is 10.8. The van der Waals surface area contributed by atoms with E-state index in [1.54, 1.807) is 54.6 Å². The summed E-state index contributed by atoms with van der Waals surface area (Å²) in [5.74, 6) is -1.18. The number of rotatable bonds is 6. The third-order valence-corrected chi connectivity index (χ3v) is 5.93. The monoisotopic (exact) mass is 558 g/mol. The van der Waals surface area contributed by atoms with Gasteiger partial charge in [-0.05, 0) is 36.4 Å². The minimum atomic E-state index is -4.68. The Kier molecular flexibility index (Phi) is 7.13. The minimum absolute atomic E-state index is 0.0846. The van der Waals surface area contributed by atoms with E-state index < -0.39 is 28.2 Å². The van der Waals surface area contributed by atoms with E-state index in [1.165, 1.54) is 0 Å². The molecule has 204 valence electrons. The third kappa shape index (κ3) is 5.71. The summed E-state index contributed by atoms with van der Waals surface area (Å²) in [7, 11) is 0. The van der Waals surface area contributed by atoms with Gasteiger partial charge in [0.15, 0.2) is 5.82 Å². The number of nitro benzene ring substituents is 1. The van der Waals surface area contributed by atoms with Crippen molar-refractivity contribution in [3.8, 4) is 17.1 Å². The molecule has 1 aromatic heterocycles. The van der Waals surface area contributed by atoms with Crippen LogP contribution in [-0.4, -0.2) is 26.8 Å². The van der Waals surface area contributed by atoms with Gasteiger partial charge in [-0.2, -0.15) is 22.9 Å². The van der Waals surface area contributed by atoms with Crippen molar-refractivity contribution in [2.75, 3.05) is 0 Å². The lowest BCUT2D eigenvalue weighted by Gasteiger charge is -2.11. The van der Waals surface area contributed by atoms with Crippen molar-refractivity contribution < 1.29 is 27.6 Å². The number of carbonyl (C=O) groups excluding carboxylic acids is 1. The first-order valence-corrected chi connectivity index (χ1v) is 11.9. The van der Waals surface area contributed by atoms with Crippen molar-refractivity contribution in [3.63, 3.8) is 0 Å². The van der Waals surface area contributed by atoms with Crippen LogP contribution in [0.3, 0.4) is 0 Å². The van der Waals surface area contributed by atoms with Gasteiger partial charge in [0.25, 0.3) is 11.2 Å². The molecule has 0 saturated carbocycles. The Bertz CT molecular complexity index is 1890. The smallest absolute Gasteiger partial charge is 0.416 e. The van der Waals surface area contributed by atoms with Gasteiger partial charge in [0.1, 0.15) is 5.75 Å². The average Bonchev–Trinajstić information content (AvgIpc) is 2.97. The molecule has 41 heavy (non-hydrogen) atoms. The summed E-state index contributed by atoms with van der Waals surface area (Å²) >= 11 is 0. The fraction of sp³-hybridized carbons (Fsp3) is 0.0345. The molecule has 1 heterocycles. The van der Waals surface area contributed by atoms with E-state index in [9.17, 15) is 32.9 Å². The summed E-state index contributed by atoms with van der Waals surface area (Å²) < 4.78 is 45.7. The Labute approximate surface area is 228 Å². The summed E-state index contributed by atoms with van der Waals surface area (Å²) in [5.41, 5.74) is -1.44. The molecule has 0 aliphatic heterocycles. The minimum Gasteiger partial charge on any atom is -0.422 e. The Morgan fingerprint density at radius 2 is 1.68 bits per heavy atom. The fourth-order valence-corrected chi connectivity index (χ4v) is 3.95. The van der Waals surface area contributed by atoms with Gasteiger partial charge >= 0.3 is 12.1 Å². The van der Waals surface area contributed by atoms with Crippen LogP contribution in [0.15, 0.2) is 107 Å². The molecule has 12 heteroatoms. The first kappa shape index (κ1) is 26.9. The number of non-ortho nitro benzene ring substituents is 1. The van der Waals surface area contributed by atoms with Crippen molar-refractivity contribution in [1.29, 1.82) is 0 Å². The van der Waals surface area contributed by atoms with Crippen LogP contribution in [0.1, 0.15) is 21.5 Å². The van der Waals surface area contributed by atoms with Gasteiger partial charge in [0.05, 0.1) is 33.2 Å². The largest absolute Gasteiger partial charge is 0.422 e. The van der Waals surface area contributed by atoms with Crippen LogP contribution in [-0.2, 0) is 6.18 Å². The van der Waals surface area contributed by atoms with E-state index in [2.05, 4.69) is 10.1 Å². The summed E-state index contributed by atoms with van der Waals surface area (Å²) in [4.78, 5) is 41.5. The van der Waals surface area contributed by atoms with Crippen LogP contribution >= 0.6 is 0 Å². The first-order valence-electron chi connectivity index (χ1n) is 11.9. The zero-order valence-electron chi connectivity index (χ0n) is 20.8. The maximum atomic E-state index is 13.4.